The minimum absolute atomic E-state index is 0.0177. The van der Waals surface area contributed by atoms with Crippen LogP contribution in [-0.4, -0.2) is 45.9 Å². The SMILES string of the molecule is CCOC(=O)C(C)(C(C)=O)N(O)C(=O)OC(C)(C)C. The molecule has 1 N–H and O–H groups in total. The summed E-state index contributed by atoms with van der Waals surface area (Å²) in [5.41, 5.74) is -3.00. The predicted molar refractivity (Wildman–Crippen MR) is 65.6 cm³/mol. The zero-order valence-electron chi connectivity index (χ0n) is 12.1. The van der Waals surface area contributed by atoms with Crippen LogP contribution in [0.4, 0.5) is 4.79 Å². The molecule has 0 aromatic carbocycles. The fraction of sp³-hybridized carbons (Fsp3) is 0.750. The number of esters is 1. The molecule has 0 aliphatic rings. The van der Waals surface area contributed by atoms with Crippen LogP contribution in [0.25, 0.3) is 0 Å². The number of amides is 1. The highest BCUT2D eigenvalue weighted by atomic mass is 16.6. The van der Waals surface area contributed by atoms with Gasteiger partial charge in [-0.3, -0.25) is 10.0 Å². The summed E-state index contributed by atoms with van der Waals surface area (Å²) in [6.07, 6.45) is -1.20. The molecule has 7 heteroatoms. The molecular formula is C12H21NO6. The molecule has 0 rings (SSSR count). The number of carbonyl (C=O) groups excluding carboxylic acids is 3. The van der Waals surface area contributed by atoms with E-state index in [-0.39, 0.29) is 11.7 Å². The molecule has 0 aromatic rings. The summed E-state index contributed by atoms with van der Waals surface area (Å²) in [5, 5.41) is 9.78. The van der Waals surface area contributed by atoms with Crippen molar-refractivity contribution in [2.24, 2.45) is 0 Å². The van der Waals surface area contributed by atoms with E-state index in [0.29, 0.717) is 0 Å². The Hall–Kier alpha value is -1.63. The minimum atomic E-state index is -2.13. The van der Waals surface area contributed by atoms with Crippen LogP contribution in [0.2, 0.25) is 0 Å². The number of hydrogen-bond donors (Lipinski definition) is 1. The van der Waals surface area contributed by atoms with Crippen molar-refractivity contribution < 1.29 is 29.1 Å². The molecule has 0 heterocycles. The molecule has 1 unspecified atom stereocenters. The van der Waals surface area contributed by atoms with Gasteiger partial charge in [0.2, 0.25) is 5.54 Å². The number of ketones is 1. The third-order valence-electron chi connectivity index (χ3n) is 2.35. The molecule has 0 bridgehead atoms. The van der Waals surface area contributed by atoms with Gasteiger partial charge in [-0.2, -0.15) is 5.06 Å². The van der Waals surface area contributed by atoms with E-state index in [2.05, 4.69) is 0 Å². The Morgan fingerprint density at radius 2 is 1.63 bits per heavy atom. The van der Waals surface area contributed by atoms with Crippen molar-refractivity contribution in [1.29, 1.82) is 0 Å². The second-order valence-corrected chi connectivity index (χ2v) is 5.14. The summed E-state index contributed by atoms with van der Waals surface area (Å²) in [6.45, 7) is 8.51. The maximum atomic E-state index is 11.8. The van der Waals surface area contributed by atoms with Gasteiger partial charge in [0.25, 0.3) is 0 Å². The first-order valence-corrected chi connectivity index (χ1v) is 5.87. The molecule has 0 aromatic heterocycles. The van der Waals surface area contributed by atoms with Crippen molar-refractivity contribution in [1.82, 2.24) is 5.06 Å². The number of Topliss-reactive ketones (excluding diaryl/α,β-unsaturated/α-hetero) is 1. The summed E-state index contributed by atoms with van der Waals surface area (Å²) >= 11 is 0. The van der Waals surface area contributed by atoms with Crippen molar-refractivity contribution in [3.05, 3.63) is 0 Å². The van der Waals surface area contributed by atoms with Gasteiger partial charge in [-0.05, 0) is 41.5 Å². The average Bonchev–Trinajstić information content (AvgIpc) is 2.24. The normalized spacial score (nSPS) is 14.3. The summed E-state index contributed by atoms with van der Waals surface area (Å²) in [7, 11) is 0. The molecule has 0 radical (unpaired) electrons. The Labute approximate surface area is 112 Å². The molecule has 1 amide bonds. The maximum absolute atomic E-state index is 11.8. The highest BCUT2D eigenvalue weighted by Gasteiger charge is 2.49. The molecule has 7 nitrogen and oxygen atoms in total. The zero-order valence-corrected chi connectivity index (χ0v) is 12.1. The predicted octanol–water partition coefficient (Wildman–Crippen LogP) is 1.52. The van der Waals surface area contributed by atoms with E-state index in [1.54, 1.807) is 27.7 Å². The quantitative estimate of drug-likeness (QED) is 0.362. The molecule has 0 aliphatic carbocycles. The molecule has 110 valence electrons. The van der Waals surface area contributed by atoms with Crippen LogP contribution in [0.5, 0.6) is 0 Å². The van der Waals surface area contributed by atoms with Gasteiger partial charge in [0.05, 0.1) is 6.61 Å². The molecular weight excluding hydrogens is 254 g/mol. The third-order valence-corrected chi connectivity index (χ3v) is 2.35. The van der Waals surface area contributed by atoms with E-state index >= 15 is 0 Å². The molecule has 0 fully saturated rings. The lowest BCUT2D eigenvalue weighted by Gasteiger charge is -2.33. The molecule has 0 aliphatic heterocycles. The Kier molecular flexibility index (Phi) is 5.49. The molecule has 19 heavy (non-hydrogen) atoms. The van der Waals surface area contributed by atoms with Gasteiger partial charge in [-0.1, -0.05) is 0 Å². The van der Waals surface area contributed by atoms with Crippen LogP contribution in [0.15, 0.2) is 0 Å². The molecule has 0 saturated heterocycles. The standard InChI is InChI=1S/C12H21NO6/c1-7-18-9(15)12(6,8(2)14)13(17)10(16)19-11(3,4)5/h17H,7H2,1-6H3. The second kappa shape index (κ2) is 6.01. The van der Waals surface area contributed by atoms with Crippen molar-refractivity contribution in [3.63, 3.8) is 0 Å². The van der Waals surface area contributed by atoms with Gasteiger partial charge in [0.15, 0.2) is 5.78 Å². The summed E-state index contributed by atoms with van der Waals surface area (Å²) in [5.74, 6) is -1.75. The van der Waals surface area contributed by atoms with Gasteiger partial charge in [-0.25, -0.2) is 9.59 Å². The van der Waals surface area contributed by atoms with Gasteiger partial charge in [0, 0.05) is 0 Å². The fourth-order valence-corrected chi connectivity index (χ4v) is 1.14. The average molecular weight is 275 g/mol. The minimum Gasteiger partial charge on any atom is -0.464 e. The Balaban J connectivity index is 5.25. The summed E-state index contributed by atoms with van der Waals surface area (Å²) in [4.78, 5) is 35.1. The Bertz CT molecular complexity index is 373. The number of carbonyl (C=O) groups is 3. The Morgan fingerprint density at radius 1 is 1.16 bits per heavy atom. The molecule has 1 atom stereocenters. The number of nitrogens with zero attached hydrogens (tertiary/aromatic N) is 1. The first-order valence-electron chi connectivity index (χ1n) is 5.87. The number of hydroxylamine groups is 2. The summed E-state index contributed by atoms with van der Waals surface area (Å²) < 4.78 is 9.60. The summed E-state index contributed by atoms with van der Waals surface area (Å²) in [6, 6.07) is 0. The van der Waals surface area contributed by atoms with Crippen molar-refractivity contribution >= 4 is 17.8 Å². The van der Waals surface area contributed by atoms with Crippen molar-refractivity contribution in [2.45, 2.75) is 52.7 Å². The lowest BCUT2D eigenvalue weighted by Crippen LogP contribution is -2.59. The fourth-order valence-electron chi connectivity index (χ4n) is 1.14. The van der Waals surface area contributed by atoms with Crippen LogP contribution in [-0.2, 0) is 19.1 Å². The number of rotatable bonds is 4. The van der Waals surface area contributed by atoms with E-state index < -0.39 is 29.0 Å². The smallest absolute Gasteiger partial charge is 0.435 e. The van der Waals surface area contributed by atoms with Crippen LogP contribution in [0.3, 0.4) is 0 Å². The Morgan fingerprint density at radius 3 is 1.95 bits per heavy atom. The third kappa shape index (κ3) is 4.20. The maximum Gasteiger partial charge on any atom is 0.435 e. The van der Waals surface area contributed by atoms with Crippen LogP contribution in [0, 0.1) is 0 Å². The van der Waals surface area contributed by atoms with Gasteiger partial charge in [0.1, 0.15) is 5.60 Å². The van der Waals surface area contributed by atoms with E-state index in [1.165, 1.54) is 0 Å². The van der Waals surface area contributed by atoms with Crippen LogP contribution < -0.4 is 0 Å². The topological polar surface area (TPSA) is 93.1 Å². The molecule has 0 saturated carbocycles. The van der Waals surface area contributed by atoms with Gasteiger partial charge >= 0.3 is 12.1 Å². The largest absolute Gasteiger partial charge is 0.464 e. The van der Waals surface area contributed by atoms with E-state index in [9.17, 15) is 19.6 Å². The first-order chi connectivity index (χ1) is 8.46. The lowest BCUT2D eigenvalue weighted by molar-refractivity contribution is -0.190. The monoisotopic (exact) mass is 275 g/mol. The lowest BCUT2D eigenvalue weighted by atomic mass is 9.97. The van der Waals surface area contributed by atoms with Crippen LogP contribution >= 0.6 is 0 Å². The van der Waals surface area contributed by atoms with Crippen molar-refractivity contribution in [2.75, 3.05) is 6.61 Å². The van der Waals surface area contributed by atoms with Gasteiger partial charge < -0.3 is 9.47 Å². The van der Waals surface area contributed by atoms with Crippen molar-refractivity contribution in [3.8, 4) is 0 Å². The van der Waals surface area contributed by atoms with Gasteiger partial charge in [-0.15, -0.1) is 0 Å². The highest BCUT2D eigenvalue weighted by molar-refractivity contribution is 6.08. The van der Waals surface area contributed by atoms with E-state index in [4.69, 9.17) is 9.47 Å². The first kappa shape index (κ1) is 17.4. The zero-order chi connectivity index (χ0) is 15.4. The molecule has 0 spiro atoms. The van der Waals surface area contributed by atoms with Crippen LogP contribution in [0.1, 0.15) is 41.5 Å². The van der Waals surface area contributed by atoms with E-state index in [1.807, 2.05) is 0 Å². The number of hydrogen-bond acceptors (Lipinski definition) is 6. The highest BCUT2D eigenvalue weighted by Crippen LogP contribution is 2.20. The van der Waals surface area contributed by atoms with E-state index in [0.717, 1.165) is 13.8 Å². The number of ether oxygens (including phenoxy) is 2. The second-order valence-electron chi connectivity index (χ2n) is 5.14.